The van der Waals surface area contributed by atoms with Crippen molar-refractivity contribution in [3.8, 4) is 0 Å². The second-order valence-electron chi connectivity index (χ2n) is 3.83. The zero-order chi connectivity index (χ0) is 13.1. The summed E-state index contributed by atoms with van der Waals surface area (Å²) in [6.45, 7) is 0.568. The third-order valence-electron chi connectivity index (χ3n) is 2.44. The molecular weight excluding hydrogens is 270 g/mol. The zero-order valence-corrected chi connectivity index (χ0v) is 11.3. The first-order chi connectivity index (χ1) is 8.58. The Morgan fingerprint density at radius 3 is 3.00 bits per heavy atom. The summed E-state index contributed by atoms with van der Waals surface area (Å²) in [6.07, 6.45) is 1.44. The molecule has 4 nitrogen and oxygen atoms in total. The Labute approximate surface area is 114 Å². The van der Waals surface area contributed by atoms with Crippen LogP contribution in [0.5, 0.6) is 0 Å². The summed E-state index contributed by atoms with van der Waals surface area (Å²) >= 11 is 7.46. The van der Waals surface area contributed by atoms with Gasteiger partial charge >= 0.3 is 0 Å². The van der Waals surface area contributed by atoms with Gasteiger partial charge in [-0.25, -0.2) is 4.98 Å². The van der Waals surface area contributed by atoms with Crippen LogP contribution >= 0.6 is 22.9 Å². The van der Waals surface area contributed by atoms with Gasteiger partial charge in [-0.15, -0.1) is 11.3 Å². The molecule has 0 aliphatic heterocycles. The highest BCUT2D eigenvalue weighted by molar-refractivity contribution is 7.09. The molecule has 0 spiro atoms. The van der Waals surface area contributed by atoms with Crippen LogP contribution in [0, 0.1) is 0 Å². The van der Waals surface area contributed by atoms with Crippen LogP contribution in [0.15, 0.2) is 29.8 Å². The van der Waals surface area contributed by atoms with Gasteiger partial charge in [-0.2, -0.15) is 0 Å². The minimum absolute atomic E-state index is 0.127. The van der Waals surface area contributed by atoms with E-state index in [4.69, 9.17) is 17.3 Å². The van der Waals surface area contributed by atoms with E-state index in [2.05, 4.69) is 4.98 Å². The van der Waals surface area contributed by atoms with Gasteiger partial charge < -0.3 is 10.6 Å². The minimum atomic E-state index is -0.127. The fourth-order valence-electron chi connectivity index (χ4n) is 1.49. The van der Waals surface area contributed by atoms with Crippen molar-refractivity contribution in [3.05, 3.63) is 45.2 Å². The number of rotatable bonds is 3. The highest BCUT2D eigenvalue weighted by Gasteiger charge is 2.14. The molecule has 1 amide bonds. The lowest BCUT2D eigenvalue weighted by molar-refractivity contribution is 0.0786. The number of halogens is 1. The number of hydrogen-bond acceptors (Lipinski definition) is 4. The number of carbonyl (C=O) groups is 1. The summed E-state index contributed by atoms with van der Waals surface area (Å²) in [4.78, 5) is 18.8. The van der Waals surface area contributed by atoms with Crippen LogP contribution in [0.2, 0.25) is 5.02 Å². The van der Waals surface area contributed by atoms with E-state index in [9.17, 15) is 4.79 Å². The number of nitrogens with zero attached hydrogens (tertiary/aromatic N) is 2. The van der Waals surface area contributed by atoms with Gasteiger partial charge in [0.25, 0.3) is 5.91 Å². The lowest BCUT2D eigenvalue weighted by Gasteiger charge is -2.16. The lowest BCUT2D eigenvalue weighted by atomic mass is 10.2. The zero-order valence-electron chi connectivity index (χ0n) is 9.76. The second kappa shape index (κ2) is 5.37. The van der Waals surface area contributed by atoms with Crippen molar-refractivity contribution in [1.82, 2.24) is 9.88 Å². The number of anilines is 1. The molecule has 0 unspecified atom stereocenters. The third kappa shape index (κ3) is 2.80. The van der Waals surface area contributed by atoms with Gasteiger partial charge in [0.1, 0.15) is 5.82 Å². The summed E-state index contributed by atoms with van der Waals surface area (Å²) in [5.41, 5.74) is 5.95. The standard InChI is InChI=1S/C12H12ClN3OS/c1-16(7-9-3-2-4-18-9)12(17)8-5-10(13)11(14)15-6-8/h2-6H,7H2,1H3,(H2,14,15). The maximum atomic E-state index is 12.1. The normalized spacial score (nSPS) is 10.3. The molecule has 2 heterocycles. The number of nitrogen functional groups attached to an aromatic ring is 1. The molecule has 0 saturated carbocycles. The van der Waals surface area contributed by atoms with E-state index in [0.29, 0.717) is 17.1 Å². The van der Waals surface area contributed by atoms with E-state index in [-0.39, 0.29) is 11.7 Å². The first-order valence-corrected chi connectivity index (χ1v) is 6.52. The molecule has 6 heteroatoms. The Kier molecular flexibility index (Phi) is 3.84. The summed E-state index contributed by atoms with van der Waals surface area (Å²) in [5.74, 6) is 0.104. The van der Waals surface area contributed by atoms with E-state index >= 15 is 0 Å². The Morgan fingerprint density at radius 1 is 1.61 bits per heavy atom. The average Bonchev–Trinajstić information content (AvgIpc) is 2.84. The monoisotopic (exact) mass is 281 g/mol. The molecule has 18 heavy (non-hydrogen) atoms. The van der Waals surface area contributed by atoms with Gasteiger partial charge in [0.15, 0.2) is 0 Å². The molecule has 0 saturated heterocycles. The summed E-state index contributed by atoms with van der Waals surface area (Å²) in [5, 5.41) is 2.28. The van der Waals surface area contributed by atoms with Crippen LogP contribution in [0.1, 0.15) is 15.2 Å². The average molecular weight is 282 g/mol. The number of amides is 1. The maximum Gasteiger partial charge on any atom is 0.255 e. The summed E-state index contributed by atoms with van der Waals surface area (Å²) in [6, 6.07) is 5.49. The maximum absolute atomic E-state index is 12.1. The first kappa shape index (κ1) is 12.9. The van der Waals surface area contributed by atoms with Crippen molar-refractivity contribution in [2.45, 2.75) is 6.54 Å². The Hall–Kier alpha value is -1.59. The molecule has 0 aliphatic carbocycles. The predicted molar refractivity (Wildman–Crippen MR) is 73.8 cm³/mol. The Bertz CT molecular complexity index is 556. The number of thiophene rings is 1. The Balaban J connectivity index is 2.12. The van der Waals surface area contributed by atoms with Crippen molar-refractivity contribution in [3.63, 3.8) is 0 Å². The molecule has 0 atom stereocenters. The van der Waals surface area contributed by atoms with Gasteiger partial charge in [0.05, 0.1) is 17.1 Å². The molecule has 2 aromatic rings. The summed E-state index contributed by atoms with van der Waals surface area (Å²) in [7, 11) is 1.74. The van der Waals surface area contributed by atoms with Crippen molar-refractivity contribution >= 4 is 34.7 Å². The molecular formula is C12H12ClN3OS. The van der Waals surface area contributed by atoms with Crippen molar-refractivity contribution in [1.29, 1.82) is 0 Å². The van der Waals surface area contributed by atoms with Gasteiger partial charge in [0.2, 0.25) is 0 Å². The van der Waals surface area contributed by atoms with Crippen LogP contribution in [0.3, 0.4) is 0 Å². The van der Waals surface area contributed by atoms with E-state index in [1.807, 2.05) is 17.5 Å². The van der Waals surface area contributed by atoms with Crippen LogP contribution in [0.25, 0.3) is 0 Å². The number of pyridine rings is 1. The van der Waals surface area contributed by atoms with Gasteiger partial charge in [-0.1, -0.05) is 17.7 Å². The van der Waals surface area contributed by atoms with Gasteiger partial charge in [0, 0.05) is 18.1 Å². The molecule has 0 bridgehead atoms. The van der Waals surface area contributed by atoms with E-state index in [1.54, 1.807) is 23.3 Å². The van der Waals surface area contributed by atoms with E-state index in [0.717, 1.165) is 4.88 Å². The first-order valence-electron chi connectivity index (χ1n) is 5.27. The number of aromatic nitrogens is 1. The molecule has 2 rings (SSSR count). The summed E-state index contributed by atoms with van der Waals surface area (Å²) < 4.78 is 0. The molecule has 0 aliphatic rings. The lowest BCUT2D eigenvalue weighted by Crippen LogP contribution is -2.26. The highest BCUT2D eigenvalue weighted by atomic mass is 35.5. The van der Waals surface area contributed by atoms with Crippen molar-refractivity contribution in [2.24, 2.45) is 0 Å². The number of carbonyl (C=O) groups excluding carboxylic acids is 1. The molecule has 0 aromatic carbocycles. The topological polar surface area (TPSA) is 59.2 Å². The fraction of sp³-hybridized carbons (Fsp3) is 0.167. The fourth-order valence-corrected chi connectivity index (χ4v) is 2.42. The van der Waals surface area contributed by atoms with Crippen LogP contribution < -0.4 is 5.73 Å². The van der Waals surface area contributed by atoms with Crippen LogP contribution in [-0.4, -0.2) is 22.8 Å². The molecule has 94 valence electrons. The second-order valence-corrected chi connectivity index (χ2v) is 5.27. The minimum Gasteiger partial charge on any atom is -0.382 e. The molecule has 2 aromatic heterocycles. The SMILES string of the molecule is CN(Cc1cccs1)C(=O)c1cnc(N)c(Cl)c1. The van der Waals surface area contributed by atoms with Gasteiger partial charge in [-0.3, -0.25) is 4.79 Å². The number of nitrogens with two attached hydrogens (primary N) is 1. The van der Waals surface area contributed by atoms with Crippen molar-refractivity contribution in [2.75, 3.05) is 12.8 Å². The van der Waals surface area contributed by atoms with Gasteiger partial charge in [-0.05, 0) is 17.5 Å². The van der Waals surface area contributed by atoms with Crippen LogP contribution in [0.4, 0.5) is 5.82 Å². The smallest absolute Gasteiger partial charge is 0.255 e. The molecule has 2 N–H and O–H groups in total. The quantitative estimate of drug-likeness (QED) is 0.941. The molecule has 0 radical (unpaired) electrons. The highest BCUT2D eigenvalue weighted by Crippen LogP contribution is 2.18. The largest absolute Gasteiger partial charge is 0.382 e. The third-order valence-corrected chi connectivity index (χ3v) is 3.60. The predicted octanol–water partition coefficient (Wildman–Crippen LogP) is 2.65. The molecule has 0 fully saturated rings. The van der Waals surface area contributed by atoms with Crippen LogP contribution in [-0.2, 0) is 6.54 Å². The number of hydrogen-bond donors (Lipinski definition) is 1. The van der Waals surface area contributed by atoms with E-state index in [1.165, 1.54) is 12.3 Å². The van der Waals surface area contributed by atoms with E-state index < -0.39 is 0 Å². The Morgan fingerprint density at radius 2 is 2.39 bits per heavy atom. The van der Waals surface area contributed by atoms with Crippen molar-refractivity contribution < 1.29 is 4.79 Å².